The van der Waals surface area contributed by atoms with E-state index in [1.54, 1.807) is 11.3 Å². The molecule has 2 heterocycles. The van der Waals surface area contributed by atoms with E-state index in [1.807, 2.05) is 23.7 Å². The van der Waals surface area contributed by atoms with Gasteiger partial charge in [0.1, 0.15) is 17.4 Å². The number of benzene rings is 1. The van der Waals surface area contributed by atoms with E-state index < -0.39 is 0 Å². The number of nitrogens with zero attached hydrogens (tertiary/aromatic N) is 1. The molecular formula is C13H14N2OS. The van der Waals surface area contributed by atoms with Crippen LogP contribution in [0.3, 0.4) is 0 Å². The molecule has 3 rings (SSSR count). The van der Waals surface area contributed by atoms with Crippen molar-refractivity contribution >= 4 is 11.3 Å². The average molecular weight is 246 g/mol. The summed E-state index contributed by atoms with van der Waals surface area (Å²) in [6.45, 7) is 2.84. The second-order valence-electron chi connectivity index (χ2n) is 4.16. The summed E-state index contributed by atoms with van der Waals surface area (Å²) in [7, 11) is 0. The zero-order chi connectivity index (χ0) is 11.7. The van der Waals surface area contributed by atoms with Gasteiger partial charge in [0.25, 0.3) is 0 Å². The first-order chi connectivity index (χ1) is 8.34. The highest BCUT2D eigenvalue weighted by molar-refractivity contribution is 7.09. The fourth-order valence-corrected chi connectivity index (χ4v) is 2.78. The summed E-state index contributed by atoms with van der Waals surface area (Å²) in [5, 5.41) is 6.69. The Morgan fingerprint density at radius 2 is 2.35 bits per heavy atom. The van der Waals surface area contributed by atoms with Gasteiger partial charge in [-0.05, 0) is 13.0 Å². The van der Waals surface area contributed by atoms with E-state index in [0.29, 0.717) is 6.61 Å². The minimum absolute atomic E-state index is 0.259. The number of nitrogens with one attached hydrogen (secondary N) is 1. The lowest BCUT2D eigenvalue weighted by Gasteiger charge is -2.16. The normalized spacial score (nSPS) is 19.7. The first kappa shape index (κ1) is 10.7. The van der Waals surface area contributed by atoms with E-state index in [0.717, 1.165) is 10.8 Å². The van der Waals surface area contributed by atoms with Crippen molar-refractivity contribution in [2.24, 2.45) is 0 Å². The van der Waals surface area contributed by atoms with E-state index in [1.165, 1.54) is 5.56 Å². The molecule has 0 saturated heterocycles. The summed E-state index contributed by atoms with van der Waals surface area (Å²) in [6, 6.07) is 8.72. The predicted molar refractivity (Wildman–Crippen MR) is 68.3 cm³/mol. The van der Waals surface area contributed by atoms with Crippen molar-refractivity contribution in [2.75, 3.05) is 6.61 Å². The summed E-state index contributed by atoms with van der Waals surface area (Å²) in [5.74, 6) is 0.997. The predicted octanol–water partition coefficient (Wildman–Crippen LogP) is 2.93. The van der Waals surface area contributed by atoms with Crippen molar-refractivity contribution in [3.63, 3.8) is 0 Å². The van der Waals surface area contributed by atoms with E-state index in [2.05, 4.69) is 29.4 Å². The number of hydrogen-bond donors (Lipinski definition) is 1. The van der Waals surface area contributed by atoms with Crippen LogP contribution >= 0.6 is 11.3 Å². The maximum Gasteiger partial charge on any atom is 0.124 e. The molecule has 88 valence electrons. The molecule has 1 N–H and O–H groups in total. The number of hydrogen-bond acceptors (Lipinski definition) is 4. The molecule has 1 aliphatic heterocycles. The molecule has 17 heavy (non-hydrogen) atoms. The van der Waals surface area contributed by atoms with Crippen LogP contribution in [-0.4, -0.2) is 11.6 Å². The van der Waals surface area contributed by atoms with Crippen molar-refractivity contribution in [1.82, 2.24) is 10.3 Å². The Morgan fingerprint density at radius 1 is 1.47 bits per heavy atom. The minimum Gasteiger partial charge on any atom is -0.491 e. The van der Waals surface area contributed by atoms with Gasteiger partial charge in [0, 0.05) is 17.1 Å². The molecule has 2 unspecified atom stereocenters. The van der Waals surface area contributed by atoms with Gasteiger partial charge in [-0.25, -0.2) is 4.98 Å². The molecule has 2 aromatic rings. The van der Waals surface area contributed by atoms with Crippen LogP contribution in [0, 0.1) is 0 Å². The maximum absolute atomic E-state index is 5.65. The van der Waals surface area contributed by atoms with E-state index >= 15 is 0 Å². The van der Waals surface area contributed by atoms with Crippen LogP contribution in [-0.2, 0) is 0 Å². The van der Waals surface area contributed by atoms with Gasteiger partial charge in [-0.2, -0.15) is 0 Å². The lowest BCUT2D eigenvalue weighted by molar-refractivity contribution is 0.301. The molecule has 0 radical (unpaired) electrons. The van der Waals surface area contributed by atoms with Crippen molar-refractivity contribution in [3.8, 4) is 5.75 Å². The summed E-state index contributed by atoms with van der Waals surface area (Å²) in [5.41, 5.74) is 1.25. The quantitative estimate of drug-likeness (QED) is 0.904. The van der Waals surface area contributed by atoms with E-state index in [-0.39, 0.29) is 12.1 Å². The van der Waals surface area contributed by atoms with Gasteiger partial charge in [-0.15, -0.1) is 11.3 Å². The van der Waals surface area contributed by atoms with Crippen molar-refractivity contribution in [2.45, 2.75) is 19.0 Å². The Hall–Kier alpha value is -1.39. The third-order valence-corrected chi connectivity index (χ3v) is 3.93. The molecule has 3 nitrogen and oxygen atoms in total. The Kier molecular flexibility index (Phi) is 2.82. The fraction of sp³-hybridized carbons (Fsp3) is 0.308. The van der Waals surface area contributed by atoms with Crippen LogP contribution in [0.25, 0.3) is 0 Å². The van der Waals surface area contributed by atoms with Crippen LogP contribution in [0.15, 0.2) is 35.8 Å². The van der Waals surface area contributed by atoms with Crippen molar-refractivity contribution in [1.29, 1.82) is 0 Å². The van der Waals surface area contributed by atoms with E-state index in [4.69, 9.17) is 4.74 Å². The monoisotopic (exact) mass is 246 g/mol. The lowest BCUT2D eigenvalue weighted by Crippen LogP contribution is -2.25. The molecule has 2 atom stereocenters. The van der Waals surface area contributed by atoms with Crippen molar-refractivity contribution in [3.05, 3.63) is 46.4 Å². The second-order valence-corrected chi connectivity index (χ2v) is 5.09. The first-order valence-electron chi connectivity index (χ1n) is 5.72. The largest absolute Gasteiger partial charge is 0.491 e. The van der Waals surface area contributed by atoms with Crippen LogP contribution in [0.4, 0.5) is 0 Å². The SMILES string of the molecule is CC(NC1COc2ccccc21)c1nccs1. The lowest BCUT2D eigenvalue weighted by atomic mass is 10.1. The summed E-state index contributed by atoms with van der Waals surface area (Å²) >= 11 is 1.68. The van der Waals surface area contributed by atoms with Gasteiger partial charge in [-0.3, -0.25) is 5.32 Å². The van der Waals surface area contributed by atoms with Gasteiger partial charge in [0.15, 0.2) is 0 Å². The van der Waals surface area contributed by atoms with Gasteiger partial charge in [-0.1, -0.05) is 18.2 Å². The molecule has 4 heteroatoms. The highest BCUT2D eigenvalue weighted by Crippen LogP contribution is 2.33. The molecule has 0 bridgehead atoms. The van der Waals surface area contributed by atoms with Gasteiger partial charge >= 0.3 is 0 Å². The third kappa shape index (κ3) is 2.06. The molecule has 1 aliphatic rings. The number of thiazole rings is 1. The number of ether oxygens (including phenoxy) is 1. The second kappa shape index (κ2) is 4.47. The highest BCUT2D eigenvalue weighted by Gasteiger charge is 2.25. The Balaban J connectivity index is 1.75. The minimum atomic E-state index is 0.259. The van der Waals surface area contributed by atoms with E-state index in [9.17, 15) is 0 Å². The summed E-state index contributed by atoms with van der Waals surface area (Å²) in [6.07, 6.45) is 1.84. The molecule has 0 spiro atoms. The molecule has 0 saturated carbocycles. The molecule has 1 aromatic carbocycles. The highest BCUT2D eigenvalue weighted by atomic mass is 32.1. The number of para-hydroxylation sites is 1. The van der Waals surface area contributed by atoms with Crippen LogP contribution in [0.1, 0.15) is 29.6 Å². The summed E-state index contributed by atoms with van der Waals surface area (Å²) in [4.78, 5) is 4.33. The number of fused-ring (bicyclic) bond motifs is 1. The Labute approximate surface area is 104 Å². The zero-order valence-electron chi connectivity index (χ0n) is 9.59. The fourth-order valence-electron chi connectivity index (χ4n) is 2.12. The van der Waals surface area contributed by atoms with Crippen molar-refractivity contribution < 1.29 is 4.74 Å². The number of rotatable bonds is 3. The molecular weight excluding hydrogens is 232 g/mol. The molecule has 0 aliphatic carbocycles. The van der Waals surface area contributed by atoms with Gasteiger partial charge in [0.2, 0.25) is 0 Å². The van der Waals surface area contributed by atoms with Crippen LogP contribution in [0.2, 0.25) is 0 Å². The topological polar surface area (TPSA) is 34.1 Å². The third-order valence-electron chi connectivity index (χ3n) is 2.97. The van der Waals surface area contributed by atoms with Crippen LogP contribution < -0.4 is 10.1 Å². The van der Waals surface area contributed by atoms with Crippen LogP contribution in [0.5, 0.6) is 5.75 Å². The Bertz CT molecular complexity index is 498. The maximum atomic E-state index is 5.65. The smallest absolute Gasteiger partial charge is 0.124 e. The summed E-state index contributed by atoms with van der Waals surface area (Å²) < 4.78 is 5.65. The average Bonchev–Trinajstić information content (AvgIpc) is 2.98. The van der Waals surface area contributed by atoms with Gasteiger partial charge in [0.05, 0.1) is 12.1 Å². The molecule has 0 amide bonds. The first-order valence-corrected chi connectivity index (χ1v) is 6.60. The Morgan fingerprint density at radius 3 is 3.18 bits per heavy atom. The molecule has 1 aromatic heterocycles. The zero-order valence-corrected chi connectivity index (χ0v) is 10.4. The standard InChI is InChI=1S/C13H14N2OS/c1-9(13-14-6-7-17-13)15-11-8-16-12-5-3-2-4-10(11)12/h2-7,9,11,15H,8H2,1H3. The van der Waals surface area contributed by atoms with Gasteiger partial charge < -0.3 is 4.74 Å². The number of aromatic nitrogens is 1. The molecule has 0 fully saturated rings.